The molecular formula is C4H3Cl4NO2. The zero-order valence-corrected chi connectivity index (χ0v) is 8.01. The molecule has 2 amide bonds. The van der Waals surface area contributed by atoms with E-state index < -0.39 is 21.5 Å². The largest absolute Gasteiger partial charge is 0.292 e. The molecule has 0 unspecified atom stereocenters. The number of halogens is 4. The summed E-state index contributed by atoms with van der Waals surface area (Å²) in [5, 5.41) is 1.77. The molecule has 0 saturated heterocycles. The fraction of sp³-hybridized carbons (Fsp3) is 0.500. The van der Waals surface area contributed by atoms with E-state index in [9.17, 15) is 9.59 Å². The van der Waals surface area contributed by atoms with Crippen molar-refractivity contribution in [1.82, 2.24) is 5.32 Å². The third-order valence-electron chi connectivity index (χ3n) is 0.643. The van der Waals surface area contributed by atoms with Crippen LogP contribution in [0, 0.1) is 0 Å². The van der Waals surface area contributed by atoms with E-state index in [0.29, 0.717) is 0 Å². The van der Waals surface area contributed by atoms with Crippen LogP contribution in [0.3, 0.4) is 0 Å². The number of amides is 2. The molecule has 0 spiro atoms. The Kier molecular flexibility index (Phi) is 5.17. The van der Waals surface area contributed by atoms with Crippen molar-refractivity contribution in [1.29, 1.82) is 0 Å². The van der Waals surface area contributed by atoms with Gasteiger partial charge in [0.1, 0.15) is 0 Å². The average molecular weight is 239 g/mol. The first-order valence-corrected chi connectivity index (χ1v) is 4.10. The van der Waals surface area contributed by atoms with E-state index in [0.717, 1.165) is 0 Å². The third kappa shape index (κ3) is 4.69. The molecule has 0 fully saturated rings. The van der Waals surface area contributed by atoms with Crippen LogP contribution in [0.15, 0.2) is 0 Å². The summed E-state index contributed by atoms with van der Waals surface area (Å²) in [6, 6.07) is 0. The van der Waals surface area contributed by atoms with E-state index in [4.69, 9.17) is 46.4 Å². The van der Waals surface area contributed by atoms with Gasteiger partial charge < -0.3 is 0 Å². The molecule has 0 aromatic rings. The normalized spacial score (nSPS) is 10.4. The molecule has 64 valence electrons. The van der Waals surface area contributed by atoms with Crippen molar-refractivity contribution >= 4 is 58.2 Å². The zero-order chi connectivity index (χ0) is 9.02. The zero-order valence-electron chi connectivity index (χ0n) is 4.98. The van der Waals surface area contributed by atoms with Gasteiger partial charge in [-0.05, 0) is 0 Å². The van der Waals surface area contributed by atoms with Gasteiger partial charge in [0.05, 0.1) is 0 Å². The number of carbonyl (C=O) groups is 2. The van der Waals surface area contributed by atoms with Gasteiger partial charge in [0.2, 0.25) is 0 Å². The molecule has 3 nitrogen and oxygen atoms in total. The molecule has 0 saturated carbocycles. The topological polar surface area (TPSA) is 46.2 Å². The molecule has 0 aromatic carbocycles. The molecule has 0 rings (SSSR count). The Morgan fingerprint density at radius 2 is 1.18 bits per heavy atom. The van der Waals surface area contributed by atoms with E-state index in [1.54, 1.807) is 5.32 Å². The molecule has 0 radical (unpaired) electrons. The summed E-state index contributed by atoms with van der Waals surface area (Å²) in [6.07, 6.45) is 0. The van der Waals surface area contributed by atoms with Crippen LogP contribution >= 0.6 is 46.4 Å². The van der Waals surface area contributed by atoms with Crippen LogP contribution in [0.25, 0.3) is 0 Å². The second kappa shape index (κ2) is 5.04. The van der Waals surface area contributed by atoms with Gasteiger partial charge in [-0.3, -0.25) is 14.9 Å². The number of hydrogen-bond acceptors (Lipinski definition) is 2. The Bertz CT molecular complexity index is 151. The molecule has 11 heavy (non-hydrogen) atoms. The van der Waals surface area contributed by atoms with E-state index in [-0.39, 0.29) is 0 Å². The van der Waals surface area contributed by atoms with Crippen molar-refractivity contribution in [2.75, 3.05) is 0 Å². The number of carbonyl (C=O) groups excluding carboxylic acids is 2. The lowest BCUT2D eigenvalue weighted by atomic mass is 10.6. The number of imide groups is 1. The van der Waals surface area contributed by atoms with Crippen LogP contribution in [0.2, 0.25) is 0 Å². The van der Waals surface area contributed by atoms with Crippen LogP contribution in [-0.2, 0) is 9.59 Å². The third-order valence-corrected chi connectivity index (χ3v) is 1.44. The lowest BCUT2D eigenvalue weighted by Gasteiger charge is -2.03. The second-order valence-corrected chi connectivity index (χ2v) is 3.65. The highest BCUT2D eigenvalue weighted by Crippen LogP contribution is 2.04. The first-order chi connectivity index (χ1) is 4.95. The maximum Gasteiger partial charge on any atom is 0.259 e. The lowest BCUT2D eigenvalue weighted by molar-refractivity contribution is -0.128. The molecule has 0 atom stereocenters. The SMILES string of the molecule is O=C(NC(=O)C(Cl)Cl)C(Cl)Cl. The molecule has 0 aromatic heterocycles. The fourth-order valence-corrected chi connectivity index (χ4v) is 0.449. The molecule has 0 aliphatic rings. The Hall–Kier alpha value is 0.300. The minimum Gasteiger partial charge on any atom is -0.292 e. The minimum atomic E-state index is -1.30. The summed E-state index contributed by atoms with van der Waals surface area (Å²) < 4.78 is 0. The molecule has 1 N–H and O–H groups in total. The molecule has 0 bridgehead atoms. The maximum atomic E-state index is 10.5. The summed E-state index contributed by atoms with van der Waals surface area (Å²) in [6.45, 7) is 0. The van der Waals surface area contributed by atoms with Gasteiger partial charge in [0.25, 0.3) is 11.8 Å². The van der Waals surface area contributed by atoms with Gasteiger partial charge in [-0.25, -0.2) is 0 Å². The highest BCUT2D eigenvalue weighted by molar-refractivity contribution is 6.56. The Labute approximate surface area is 82.9 Å². The van der Waals surface area contributed by atoms with Crippen molar-refractivity contribution in [3.05, 3.63) is 0 Å². The van der Waals surface area contributed by atoms with E-state index in [1.807, 2.05) is 0 Å². The molecular weight excluding hydrogens is 236 g/mol. The van der Waals surface area contributed by atoms with Crippen LogP contribution < -0.4 is 5.32 Å². The van der Waals surface area contributed by atoms with Crippen LogP contribution in [-0.4, -0.2) is 21.5 Å². The van der Waals surface area contributed by atoms with Crippen LogP contribution in [0.1, 0.15) is 0 Å². The quantitative estimate of drug-likeness (QED) is 0.736. The van der Waals surface area contributed by atoms with Crippen molar-refractivity contribution in [3.63, 3.8) is 0 Å². The molecule has 0 aliphatic heterocycles. The second-order valence-electron chi connectivity index (χ2n) is 1.45. The van der Waals surface area contributed by atoms with E-state index >= 15 is 0 Å². The predicted octanol–water partition coefficient (Wildman–Crippen LogP) is 1.24. The molecule has 0 aliphatic carbocycles. The summed E-state index contributed by atoms with van der Waals surface area (Å²) in [5.74, 6) is -1.69. The molecule has 0 heterocycles. The van der Waals surface area contributed by atoms with Crippen LogP contribution in [0.5, 0.6) is 0 Å². The first kappa shape index (κ1) is 11.3. The van der Waals surface area contributed by atoms with Crippen LogP contribution in [0.4, 0.5) is 0 Å². The van der Waals surface area contributed by atoms with Gasteiger partial charge in [-0.1, -0.05) is 46.4 Å². The number of hydrogen-bond donors (Lipinski definition) is 1. The van der Waals surface area contributed by atoms with Crippen molar-refractivity contribution in [2.24, 2.45) is 0 Å². The van der Waals surface area contributed by atoms with Crippen molar-refractivity contribution in [2.45, 2.75) is 9.67 Å². The maximum absolute atomic E-state index is 10.5. The highest BCUT2D eigenvalue weighted by Gasteiger charge is 2.18. The smallest absolute Gasteiger partial charge is 0.259 e. The summed E-state index contributed by atoms with van der Waals surface area (Å²) in [4.78, 5) is 18.5. The minimum absolute atomic E-state index is 0.843. The Morgan fingerprint density at radius 3 is 1.36 bits per heavy atom. The first-order valence-electron chi connectivity index (χ1n) is 2.36. The lowest BCUT2D eigenvalue weighted by Crippen LogP contribution is -2.37. The number of alkyl halides is 4. The monoisotopic (exact) mass is 237 g/mol. The van der Waals surface area contributed by atoms with Gasteiger partial charge in [0.15, 0.2) is 9.67 Å². The van der Waals surface area contributed by atoms with Crippen molar-refractivity contribution < 1.29 is 9.59 Å². The summed E-state index contributed by atoms with van der Waals surface area (Å²) >= 11 is 20.4. The Morgan fingerprint density at radius 1 is 0.909 bits per heavy atom. The van der Waals surface area contributed by atoms with Gasteiger partial charge in [-0.2, -0.15) is 0 Å². The standard InChI is InChI=1S/C4H3Cl4NO2/c5-1(6)3(10)9-4(11)2(7)8/h1-2H,(H,9,10,11). The van der Waals surface area contributed by atoms with E-state index in [2.05, 4.69) is 0 Å². The average Bonchev–Trinajstić information content (AvgIpc) is 1.87. The summed E-state index contributed by atoms with van der Waals surface area (Å²) in [5.41, 5.74) is 0. The van der Waals surface area contributed by atoms with Gasteiger partial charge in [-0.15, -0.1) is 0 Å². The van der Waals surface area contributed by atoms with Gasteiger partial charge >= 0.3 is 0 Å². The van der Waals surface area contributed by atoms with Gasteiger partial charge in [0, 0.05) is 0 Å². The number of nitrogens with one attached hydrogen (secondary N) is 1. The predicted molar refractivity (Wildman–Crippen MR) is 44.1 cm³/mol. The van der Waals surface area contributed by atoms with E-state index in [1.165, 1.54) is 0 Å². The fourth-order valence-electron chi connectivity index (χ4n) is 0.231. The highest BCUT2D eigenvalue weighted by atomic mass is 35.5. The summed E-state index contributed by atoms with van der Waals surface area (Å²) in [7, 11) is 0. The number of rotatable bonds is 2. The molecule has 7 heteroatoms. The van der Waals surface area contributed by atoms with Crippen molar-refractivity contribution in [3.8, 4) is 0 Å². The Balaban J connectivity index is 3.86.